The fraction of sp³-hybridized carbons (Fsp3) is 0.133. The molecule has 1 aliphatic heterocycles. The highest BCUT2D eigenvalue weighted by atomic mass is 35.5. The zero-order valence-corrected chi connectivity index (χ0v) is 10.9. The Hall–Kier alpha value is -2.00. The molecule has 0 aliphatic carbocycles. The van der Waals surface area contributed by atoms with E-state index in [1.807, 2.05) is 36.4 Å². The molecular formula is C15H12ClNO2. The highest BCUT2D eigenvalue weighted by Crippen LogP contribution is 2.24. The summed E-state index contributed by atoms with van der Waals surface area (Å²) < 4.78 is 5.78. The predicted octanol–water partition coefficient (Wildman–Crippen LogP) is 4.26. The summed E-state index contributed by atoms with van der Waals surface area (Å²) in [6.07, 6.45) is 0.838. The molecule has 1 heterocycles. The van der Waals surface area contributed by atoms with Crippen LogP contribution in [0.2, 0.25) is 5.02 Å². The van der Waals surface area contributed by atoms with Gasteiger partial charge in [-0.05, 0) is 36.4 Å². The third kappa shape index (κ3) is 2.88. The van der Waals surface area contributed by atoms with Crippen molar-refractivity contribution in [2.24, 2.45) is 5.16 Å². The fourth-order valence-electron chi connectivity index (χ4n) is 1.89. The summed E-state index contributed by atoms with van der Waals surface area (Å²) in [6, 6.07) is 15.1. The molecule has 0 unspecified atom stereocenters. The molecule has 3 nitrogen and oxygen atoms in total. The Morgan fingerprint density at radius 3 is 2.63 bits per heavy atom. The number of halogens is 1. The van der Waals surface area contributed by atoms with Crippen LogP contribution in [-0.4, -0.2) is 12.3 Å². The molecule has 19 heavy (non-hydrogen) atoms. The van der Waals surface area contributed by atoms with Crippen LogP contribution in [0.15, 0.2) is 53.7 Å². The fourth-order valence-corrected chi connectivity index (χ4v) is 2.01. The average molecular weight is 274 g/mol. The second-order valence-electron chi connectivity index (χ2n) is 4.21. The molecule has 4 heteroatoms. The van der Waals surface area contributed by atoms with Crippen molar-refractivity contribution < 1.29 is 9.57 Å². The summed E-state index contributed by atoms with van der Waals surface area (Å²) in [5.74, 6) is 1.53. The first-order chi connectivity index (χ1) is 9.31. The van der Waals surface area contributed by atoms with Gasteiger partial charge in [-0.2, -0.15) is 0 Å². The van der Waals surface area contributed by atoms with E-state index in [0.29, 0.717) is 11.6 Å². The number of oxime groups is 1. The van der Waals surface area contributed by atoms with E-state index in [1.54, 1.807) is 12.1 Å². The van der Waals surface area contributed by atoms with E-state index in [0.717, 1.165) is 29.2 Å². The van der Waals surface area contributed by atoms with Crippen LogP contribution in [-0.2, 0) is 4.84 Å². The van der Waals surface area contributed by atoms with Crippen molar-refractivity contribution in [3.63, 3.8) is 0 Å². The molecule has 0 N–H and O–H groups in total. The van der Waals surface area contributed by atoms with Gasteiger partial charge in [-0.3, -0.25) is 0 Å². The molecule has 0 saturated carbocycles. The summed E-state index contributed by atoms with van der Waals surface area (Å²) in [5, 5.41) is 4.70. The summed E-state index contributed by atoms with van der Waals surface area (Å²) in [7, 11) is 0. The second-order valence-corrected chi connectivity index (χ2v) is 4.64. The lowest BCUT2D eigenvalue weighted by Crippen LogP contribution is -1.97. The van der Waals surface area contributed by atoms with Crippen molar-refractivity contribution in [1.82, 2.24) is 0 Å². The van der Waals surface area contributed by atoms with Gasteiger partial charge in [0.1, 0.15) is 18.1 Å². The Bertz CT molecular complexity index is 608. The van der Waals surface area contributed by atoms with Gasteiger partial charge in [0.2, 0.25) is 0 Å². The van der Waals surface area contributed by atoms with E-state index in [9.17, 15) is 0 Å². The third-order valence-corrected chi connectivity index (χ3v) is 3.07. The molecule has 0 bridgehead atoms. The van der Waals surface area contributed by atoms with Crippen LogP contribution in [0.25, 0.3) is 0 Å². The summed E-state index contributed by atoms with van der Waals surface area (Å²) in [4.78, 5) is 5.02. The molecule has 2 aromatic rings. The average Bonchev–Trinajstić information content (AvgIpc) is 2.96. The van der Waals surface area contributed by atoms with E-state index in [1.165, 1.54) is 0 Å². The Morgan fingerprint density at radius 1 is 1.05 bits per heavy atom. The monoisotopic (exact) mass is 273 g/mol. The topological polar surface area (TPSA) is 30.8 Å². The zero-order chi connectivity index (χ0) is 13.1. The number of hydrogen-bond acceptors (Lipinski definition) is 3. The lowest BCUT2D eigenvalue weighted by Gasteiger charge is -2.07. The molecule has 0 spiro atoms. The first-order valence-electron chi connectivity index (χ1n) is 6.04. The van der Waals surface area contributed by atoms with Gasteiger partial charge in [0, 0.05) is 17.0 Å². The summed E-state index contributed by atoms with van der Waals surface area (Å²) in [5.41, 5.74) is 1.99. The van der Waals surface area contributed by atoms with Gasteiger partial charge in [-0.15, -0.1) is 0 Å². The Balaban J connectivity index is 1.81. The maximum Gasteiger partial charge on any atom is 0.128 e. The lowest BCUT2D eigenvalue weighted by molar-refractivity contribution is 0.174. The lowest BCUT2D eigenvalue weighted by atomic mass is 10.1. The number of benzene rings is 2. The first-order valence-corrected chi connectivity index (χ1v) is 6.42. The summed E-state index contributed by atoms with van der Waals surface area (Å²) >= 11 is 5.84. The van der Waals surface area contributed by atoms with Gasteiger partial charge < -0.3 is 9.57 Å². The maximum atomic E-state index is 5.84. The van der Waals surface area contributed by atoms with Gasteiger partial charge in [0.05, 0.1) is 5.71 Å². The van der Waals surface area contributed by atoms with Crippen LogP contribution in [0.4, 0.5) is 0 Å². The van der Waals surface area contributed by atoms with Crippen LogP contribution < -0.4 is 4.74 Å². The Labute approximate surface area is 116 Å². The van der Waals surface area contributed by atoms with Crippen molar-refractivity contribution in [3.05, 3.63) is 59.1 Å². The Kier molecular flexibility index (Phi) is 3.38. The second kappa shape index (κ2) is 5.33. The zero-order valence-electron chi connectivity index (χ0n) is 10.2. The standard InChI is InChI=1S/C15H12ClNO2/c16-12-4-6-13(7-5-12)19-14-3-1-2-11(10-14)15-8-9-18-17-15/h1-7,10H,8-9H2. The third-order valence-electron chi connectivity index (χ3n) is 2.82. The smallest absolute Gasteiger partial charge is 0.128 e. The SMILES string of the molecule is Clc1ccc(Oc2cccc(C3=NOCC3)c2)cc1. The molecule has 3 rings (SSSR count). The predicted molar refractivity (Wildman–Crippen MR) is 75.1 cm³/mol. The van der Waals surface area contributed by atoms with E-state index in [4.69, 9.17) is 21.2 Å². The summed E-state index contributed by atoms with van der Waals surface area (Å²) in [6.45, 7) is 0.650. The minimum absolute atomic E-state index is 0.650. The number of hydrogen-bond donors (Lipinski definition) is 0. The molecule has 0 atom stereocenters. The molecule has 0 fully saturated rings. The van der Waals surface area contributed by atoms with Crippen LogP contribution >= 0.6 is 11.6 Å². The maximum absolute atomic E-state index is 5.84. The van der Waals surface area contributed by atoms with Gasteiger partial charge in [-0.25, -0.2) is 0 Å². The van der Waals surface area contributed by atoms with Crippen molar-refractivity contribution in [3.8, 4) is 11.5 Å². The number of ether oxygens (including phenoxy) is 1. The van der Waals surface area contributed by atoms with Crippen LogP contribution in [0, 0.1) is 0 Å². The Morgan fingerprint density at radius 2 is 1.89 bits per heavy atom. The molecule has 0 aromatic heterocycles. The largest absolute Gasteiger partial charge is 0.457 e. The van der Waals surface area contributed by atoms with Gasteiger partial charge in [0.15, 0.2) is 0 Å². The number of rotatable bonds is 3. The molecule has 0 amide bonds. The van der Waals surface area contributed by atoms with E-state index < -0.39 is 0 Å². The quantitative estimate of drug-likeness (QED) is 0.837. The molecule has 1 aliphatic rings. The minimum atomic E-state index is 0.650. The van der Waals surface area contributed by atoms with Crippen LogP contribution in [0.3, 0.4) is 0 Å². The normalized spacial score (nSPS) is 13.8. The first kappa shape index (κ1) is 12.1. The highest BCUT2D eigenvalue weighted by Gasteiger charge is 2.11. The van der Waals surface area contributed by atoms with E-state index in [-0.39, 0.29) is 0 Å². The molecule has 2 aromatic carbocycles. The van der Waals surface area contributed by atoms with E-state index >= 15 is 0 Å². The van der Waals surface area contributed by atoms with Crippen molar-refractivity contribution in [2.75, 3.05) is 6.61 Å². The minimum Gasteiger partial charge on any atom is -0.457 e. The van der Waals surface area contributed by atoms with Crippen molar-refractivity contribution >= 4 is 17.3 Å². The van der Waals surface area contributed by atoms with Crippen LogP contribution in [0.5, 0.6) is 11.5 Å². The van der Waals surface area contributed by atoms with Gasteiger partial charge in [0.25, 0.3) is 0 Å². The van der Waals surface area contributed by atoms with Crippen molar-refractivity contribution in [1.29, 1.82) is 0 Å². The van der Waals surface area contributed by atoms with Gasteiger partial charge >= 0.3 is 0 Å². The number of nitrogens with zero attached hydrogens (tertiary/aromatic N) is 1. The van der Waals surface area contributed by atoms with Gasteiger partial charge in [-0.1, -0.05) is 28.9 Å². The molecule has 0 saturated heterocycles. The molecular weight excluding hydrogens is 262 g/mol. The van der Waals surface area contributed by atoms with Crippen LogP contribution in [0.1, 0.15) is 12.0 Å². The van der Waals surface area contributed by atoms with E-state index in [2.05, 4.69) is 5.16 Å². The highest BCUT2D eigenvalue weighted by molar-refractivity contribution is 6.30. The molecule has 0 radical (unpaired) electrons. The van der Waals surface area contributed by atoms with Crippen molar-refractivity contribution in [2.45, 2.75) is 6.42 Å². The molecule has 96 valence electrons.